The van der Waals surface area contributed by atoms with Crippen LogP contribution in [0.25, 0.3) is 12.7 Å². The quantitative estimate of drug-likeness (QED) is 0.561. The standard InChI is InChI=1S/C22H24N2O2S2/c1-7-17(8-2)10-18-11-19(9-14(3)16(18)5)26-22(27-6)21(25)23-12-20-24-15(4)13-28-20/h1,8-11,13,22H,5,12H2,2-4,6H3,(H,23,25)/b17-8-,18-10-. The fourth-order valence-corrected chi connectivity index (χ4v) is 3.66. The highest BCUT2D eigenvalue weighted by atomic mass is 32.2. The van der Waals surface area contributed by atoms with Crippen LogP contribution < -0.4 is 20.5 Å². The Kier molecular flexibility index (Phi) is 7.91. The van der Waals surface area contributed by atoms with Crippen LogP contribution in [-0.2, 0) is 11.3 Å². The van der Waals surface area contributed by atoms with E-state index in [-0.39, 0.29) is 5.91 Å². The van der Waals surface area contributed by atoms with Gasteiger partial charge in [0.1, 0.15) is 10.8 Å². The van der Waals surface area contributed by atoms with Crippen molar-refractivity contribution in [2.24, 2.45) is 0 Å². The molecule has 1 heterocycles. The summed E-state index contributed by atoms with van der Waals surface area (Å²) in [4.78, 5) is 16.9. The highest BCUT2D eigenvalue weighted by molar-refractivity contribution is 7.99. The lowest BCUT2D eigenvalue weighted by Crippen LogP contribution is -2.36. The summed E-state index contributed by atoms with van der Waals surface area (Å²) in [5.74, 6) is 3.04. The van der Waals surface area contributed by atoms with Crippen molar-refractivity contribution < 1.29 is 9.53 Å². The van der Waals surface area contributed by atoms with Crippen LogP contribution in [0.15, 0.2) is 29.2 Å². The number of ether oxygens (including phenoxy) is 1. The van der Waals surface area contributed by atoms with Gasteiger partial charge in [0.2, 0.25) is 5.44 Å². The monoisotopic (exact) mass is 412 g/mol. The van der Waals surface area contributed by atoms with E-state index in [0.717, 1.165) is 32.3 Å². The van der Waals surface area contributed by atoms with Crippen LogP contribution in [0.1, 0.15) is 23.2 Å². The fraction of sp³-hybridized carbons (Fsp3) is 0.273. The van der Waals surface area contributed by atoms with Gasteiger partial charge in [-0.2, -0.15) is 0 Å². The van der Waals surface area contributed by atoms with Crippen molar-refractivity contribution in [1.82, 2.24) is 10.3 Å². The number of hydrogen-bond donors (Lipinski definition) is 1. The number of aromatic nitrogens is 1. The van der Waals surface area contributed by atoms with Gasteiger partial charge < -0.3 is 10.1 Å². The van der Waals surface area contributed by atoms with Crippen molar-refractivity contribution >= 4 is 41.7 Å². The molecule has 4 nitrogen and oxygen atoms in total. The molecule has 2 rings (SSSR count). The van der Waals surface area contributed by atoms with Crippen LogP contribution in [0.5, 0.6) is 5.75 Å². The van der Waals surface area contributed by atoms with E-state index in [1.165, 1.54) is 23.1 Å². The molecule has 146 valence electrons. The average molecular weight is 413 g/mol. The highest BCUT2D eigenvalue weighted by Gasteiger charge is 2.19. The first-order valence-electron chi connectivity index (χ1n) is 8.70. The number of aryl methyl sites for hydroxylation is 2. The number of rotatable bonds is 7. The lowest BCUT2D eigenvalue weighted by molar-refractivity contribution is -0.124. The molecule has 1 unspecified atom stereocenters. The molecule has 0 fully saturated rings. The number of nitrogens with zero attached hydrogens (tertiary/aromatic N) is 1. The van der Waals surface area contributed by atoms with Crippen LogP contribution in [0.3, 0.4) is 0 Å². The maximum atomic E-state index is 12.5. The van der Waals surface area contributed by atoms with Gasteiger partial charge in [-0.15, -0.1) is 29.5 Å². The molecule has 2 aromatic rings. The van der Waals surface area contributed by atoms with Crippen molar-refractivity contribution in [3.63, 3.8) is 0 Å². The number of thiazole rings is 1. The number of carbonyl (C=O) groups is 1. The van der Waals surface area contributed by atoms with Crippen LogP contribution in [-0.4, -0.2) is 22.6 Å². The molecule has 0 aliphatic carbocycles. The molecule has 0 saturated carbocycles. The van der Waals surface area contributed by atoms with Crippen molar-refractivity contribution in [2.45, 2.75) is 32.8 Å². The number of thioether (sulfide) groups is 1. The minimum absolute atomic E-state index is 0.194. The van der Waals surface area contributed by atoms with Crippen molar-refractivity contribution in [2.75, 3.05) is 6.26 Å². The van der Waals surface area contributed by atoms with Crippen molar-refractivity contribution in [3.05, 3.63) is 55.9 Å². The molecule has 0 saturated heterocycles. The van der Waals surface area contributed by atoms with Gasteiger partial charge in [0.15, 0.2) is 0 Å². The molecular formula is C22H24N2O2S2. The van der Waals surface area contributed by atoms with E-state index in [2.05, 4.69) is 22.8 Å². The molecule has 0 aliphatic heterocycles. The average Bonchev–Trinajstić information content (AvgIpc) is 3.10. The van der Waals surface area contributed by atoms with Crippen LogP contribution in [0, 0.1) is 26.2 Å². The Morgan fingerprint density at radius 2 is 2.25 bits per heavy atom. The molecule has 1 atom stereocenters. The summed E-state index contributed by atoms with van der Waals surface area (Å²) in [5.41, 5.74) is 2.01. The molecule has 28 heavy (non-hydrogen) atoms. The molecule has 1 aromatic carbocycles. The lowest BCUT2D eigenvalue weighted by Gasteiger charge is -2.17. The maximum Gasteiger partial charge on any atom is 0.272 e. The smallest absolute Gasteiger partial charge is 0.272 e. The van der Waals surface area contributed by atoms with Gasteiger partial charge in [0, 0.05) is 16.6 Å². The molecule has 0 spiro atoms. The lowest BCUT2D eigenvalue weighted by atomic mass is 10.1. The summed E-state index contributed by atoms with van der Waals surface area (Å²) in [7, 11) is 0. The summed E-state index contributed by atoms with van der Waals surface area (Å²) in [6.45, 7) is 10.3. The SMILES string of the molecule is C#CC(/C=c1/cc(OC(SC)C(=O)NCc2nc(C)cs2)cc(C)c1=C)=C/C. The molecule has 6 heteroatoms. The van der Waals surface area contributed by atoms with Gasteiger partial charge in [0.25, 0.3) is 5.91 Å². The first-order chi connectivity index (χ1) is 13.4. The van der Waals surface area contributed by atoms with E-state index >= 15 is 0 Å². The third-order valence-corrected chi connectivity index (χ3v) is 5.73. The largest absolute Gasteiger partial charge is 0.470 e. The van der Waals surface area contributed by atoms with Gasteiger partial charge in [0.05, 0.1) is 6.54 Å². The van der Waals surface area contributed by atoms with Gasteiger partial charge >= 0.3 is 0 Å². The zero-order chi connectivity index (χ0) is 20.7. The molecule has 0 bridgehead atoms. The fourth-order valence-electron chi connectivity index (χ4n) is 2.45. The Hall–Kier alpha value is -2.49. The van der Waals surface area contributed by atoms with Gasteiger partial charge in [-0.05, 0) is 61.2 Å². The van der Waals surface area contributed by atoms with E-state index in [1.807, 2.05) is 56.7 Å². The first-order valence-corrected chi connectivity index (χ1v) is 10.9. The highest BCUT2D eigenvalue weighted by Crippen LogP contribution is 2.17. The minimum atomic E-state index is -0.669. The molecular weight excluding hydrogens is 388 g/mol. The Morgan fingerprint density at radius 1 is 1.50 bits per heavy atom. The zero-order valence-electron chi connectivity index (χ0n) is 16.5. The second-order valence-corrected chi connectivity index (χ2v) is 7.97. The van der Waals surface area contributed by atoms with E-state index in [9.17, 15) is 4.79 Å². The zero-order valence-corrected chi connectivity index (χ0v) is 18.2. The van der Waals surface area contributed by atoms with Crippen molar-refractivity contribution in [3.8, 4) is 18.1 Å². The Bertz CT molecular complexity index is 1030. The van der Waals surface area contributed by atoms with Crippen molar-refractivity contribution in [1.29, 1.82) is 0 Å². The third-order valence-electron chi connectivity index (χ3n) is 4.02. The summed E-state index contributed by atoms with van der Waals surface area (Å²) in [5, 5.41) is 7.46. The normalized spacial score (nSPS) is 13.1. The van der Waals surface area contributed by atoms with Crippen LogP contribution in [0.2, 0.25) is 0 Å². The number of terminal acetylenes is 1. The number of amides is 1. The second kappa shape index (κ2) is 10.2. The number of benzene rings is 1. The minimum Gasteiger partial charge on any atom is -0.470 e. The van der Waals surface area contributed by atoms with Crippen LogP contribution in [0.4, 0.5) is 0 Å². The number of allylic oxidation sites excluding steroid dienone is 2. The van der Waals surface area contributed by atoms with Gasteiger partial charge in [-0.1, -0.05) is 18.6 Å². The summed E-state index contributed by atoms with van der Waals surface area (Å²) in [6, 6.07) is 3.74. The second-order valence-electron chi connectivity index (χ2n) is 6.13. The predicted molar refractivity (Wildman–Crippen MR) is 120 cm³/mol. The third kappa shape index (κ3) is 5.75. The Labute approximate surface area is 174 Å². The van der Waals surface area contributed by atoms with E-state index in [4.69, 9.17) is 11.2 Å². The van der Waals surface area contributed by atoms with Gasteiger partial charge in [-0.25, -0.2) is 4.98 Å². The first kappa shape index (κ1) is 21.8. The molecule has 1 aromatic heterocycles. The predicted octanol–water partition coefficient (Wildman–Crippen LogP) is 2.91. The van der Waals surface area contributed by atoms with Crippen LogP contribution >= 0.6 is 23.1 Å². The Balaban J connectivity index is 2.20. The van der Waals surface area contributed by atoms with E-state index < -0.39 is 5.44 Å². The topological polar surface area (TPSA) is 51.2 Å². The summed E-state index contributed by atoms with van der Waals surface area (Å²) >= 11 is 2.86. The van der Waals surface area contributed by atoms with E-state index in [0.29, 0.717) is 12.3 Å². The summed E-state index contributed by atoms with van der Waals surface area (Å²) in [6.07, 6.45) is 11.1. The van der Waals surface area contributed by atoms with Gasteiger partial charge in [-0.3, -0.25) is 4.79 Å². The molecule has 1 amide bonds. The maximum absolute atomic E-state index is 12.5. The summed E-state index contributed by atoms with van der Waals surface area (Å²) < 4.78 is 5.96. The number of hydrogen-bond acceptors (Lipinski definition) is 5. The molecule has 0 aliphatic rings. The number of nitrogens with one attached hydrogen (secondary N) is 1. The Morgan fingerprint density at radius 3 is 2.82 bits per heavy atom. The van der Waals surface area contributed by atoms with E-state index in [1.54, 1.807) is 0 Å². The molecule has 0 radical (unpaired) electrons. The molecule has 1 N–H and O–H groups in total. The number of carbonyl (C=O) groups excluding carboxylic acids is 1.